The Labute approximate surface area is 102 Å². The van der Waals surface area contributed by atoms with E-state index in [1.54, 1.807) is 6.07 Å². The van der Waals surface area contributed by atoms with Crippen LogP contribution in [0.15, 0.2) is 29.3 Å². The fraction of sp³-hybridized carbons (Fsp3) is 0.100. The predicted molar refractivity (Wildman–Crippen MR) is 67.2 cm³/mol. The van der Waals surface area contributed by atoms with Crippen LogP contribution in [0.3, 0.4) is 0 Å². The van der Waals surface area contributed by atoms with Gasteiger partial charge in [0.2, 0.25) is 5.66 Å². The molecule has 17 heavy (non-hydrogen) atoms. The van der Waals surface area contributed by atoms with Gasteiger partial charge in [-0.3, -0.25) is 4.79 Å². The number of thiocarbonyl (C=S) groups is 1. The third kappa shape index (κ3) is 1.29. The van der Waals surface area contributed by atoms with Crippen molar-refractivity contribution in [2.45, 2.75) is 5.66 Å². The molecule has 0 saturated carbocycles. The van der Waals surface area contributed by atoms with Crippen molar-refractivity contribution in [3.05, 3.63) is 29.8 Å². The van der Waals surface area contributed by atoms with Crippen LogP contribution in [0.5, 0.6) is 0 Å². The number of nitrogens with one attached hydrogen (secondary N) is 3. The molecule has 1 unspecified atom stereocenters. The Bertz CT molecular complexity index is 570. The van der Waals surface area contributed by atoms with Crippen LogP contribution in [0.1, 0.15) is 5.56 Å². The van der Waals surface area contributed by atoms with Crippen molar-refractivity contribution in [3.63, 3.8) is 0 Å². The minimum atomic E-state index is -1.23. The molecule has 0 fully saturated rings. The molecule has 1 aromatic rings. The Morgan fingerprint density at radius 2 is 2.06 bits per heavy atom. The molecule has 0 aromatic heterocycles. The standard InChI is InChI=1S/C10H9N5OS/c11-8-13-9(17)15-10(14-8)5-3-1-2-4-6(5)12-7(10)16/h1-4H,(H,12,16)(H4,11,13,14,15,17). The Morgan fingerprint density at radius 3 is 2.82 bits per heavy atom. The molecule has 86 valence electrons. The first kappa shape index (κ1) is 10.0. The number of para-hydroxylation sites is 1. The molecule has 1 amide bonds. The van der Waals surface area contributed by atoms with Gasteiger partial charge in [-0.1, -0.05) is 18.2 Å². The number of anilines is 1. The Kier molecular flexibility index (Phi) is 1.87. The topological polar surface area (TPSA) is 91.5 Å². The van der Waals surface area contributed by atoms with E-state index >= 15 is 0 Å². The molecule has 1 aromatic carbocycles. The van der Waals surface area contributed by atoms with Crippen LogP contribution in [0.25, 0.3) is 0 Å². The van der Waals surface area contributed by atoms with Crippen molar-refractivity contribution >= 4 is 34.9 Å². The molecule has 1 spiro atoms. The van der Waals surface area contributed by atoms with Crippen molar-refractivity contribution in [2.24, 2.45) is 10.7 Å². The van der Waals surface area contributed by atoms with Crippen LogP contribution in [-0.4, -0.2) is 17.0 Å². The lowest BCUT2D eigenvalue weighted by molar-refractivity contribution is -0.121. The van der Waals surface area contributed by atoms with Crippen LogP contribution in [0.4, 0.5) is 5.69 Å². The van der Waals surface area contributed by atoms with E-state index in [1.807, 2.05) is 18.2 Å². The largest absolute Gasteiger partial charge is 0.370 e. The van der Waals surface area contributed by atoms with E-state index < -0.39 is 5.66 Å². The maximum Gasteiger partial charge on any atom is 0.278 e. The third-order valence-electron chi connectivity index (χ3n) is 2.72. The van der Waals surface area contributed by atoms with E-state index in [0.29, 0.717) is 5.69 Å². The van der Waals surface area contributed by atoms with Crippen molar-refractivity contribution < 1.29 is 4.79 Å². The van der Waals surface area contributed by atoms with Crippen LogP contribution < -0.4 is 21.7 Å². The SMILES string of the molecule is NC1=NC2(NC(=S)N1)C(=O)Nc1ccccc12. The number of aliphatic imine (C=N–C) groups is 1. The molecule has 1 atom stereocenters. The lowest BCUT2D eigenvalue weighted by Gasteiger charge is -2.30. The summed E-state index contributed by atoms with van der Waals surface area (Å²) < 4.78 is 0. The number of carbonyl (C=O) groups excluding carboxylic acids is 1. The van der Waals surface area contributed by atoms with Gasteiger partial charge in [0.25, 0.3) is 5.91 Å². The van der Waals surface area contributed by atoms with Crippen molar-refractivity contribution in [1.82, 2.24) is 10.6 Å². The monoisotopic (exact) mass is 247 g/mol. The Balaban J connectivity index is 2.23. The first-order chi connectivity index (χ1) is 8.12. The number of hydrogen-bond acceptors (Lipinski definition) is 4. The summed E-state index contributed by atoms with van der Waals surface area (Å²) in [5, 5.41) is 8.55. The molecule has 0 bridgehead atoms. The van der Waals surface area contributed by atoms with Crippen molar-refractivity contribution in [2.75, 3.05) is 5.32 Å². The van der Waals surface area contributed by atoms with Gasteiger partial charge < -0.3 is 21.7 Å². The molecule has 0 aliphatic carbocycles. The second kappa shape index (κ2) is 3.17. The van der Waals surface area contributed by atoms with Crippen molar-refractivity contribution in [3.8, 4) is 0 Å². The van der Waals surface area contributed by atoms with Crippen LogP contribution >= 0.6 is 12.2 Å². The van der Waals surface area contributed by atoms with Gasteiger partial charge in [-0.15, -0.1) is 0 Å². The van der Waals surface area contributed by atoms with Gasteiger partial charge in [0.15, 0.2) is 11.1 Å². The van der Waals surface area contributed by atoms with Gasteiger partial charge in [0.05, 0.1) is 0 Å². The summed E-state index contributed by atoms with van der Waals surface area (Å²) in [6, 6.07) is 7.29. The fourth-order valence-electron chi connectivity index (χ4n) is 2.03. The van der Waals surface area contributed by atoms with Gasteiger partial charge in [-0.2, -0.15) is 0 Å². The zero-order chi connectivity index (χ0) is 12.0. The fourth-order valence-corrected chi connectivity index (χ4v) is 2.28. The summed E-state index contributed by atoms with van der Waals surface area (Å²) in [6.45, 7) is 0. The highest BCUT2D eigenvalue weighted by atomic mass is 32.1. The quantitative estimate of drug-likeness (QED) is 0.468. The number of nitrogens with two attached hydrogens (primary N) is 1. The van der Waals surface area contributed by atoms with Gasteiger partial charge >= 0.3 is 0 Å². The molecule has 2 aliphatic rings. The average molecular weight is 247 g/mol. The highest BCUT2D eigenvalue weighted by Gasteiger charge is 2.49. The summed E-state index contributed by atoms with van der Waals surface area (Å²) in [5.41, 5.74) is 5.83. The number of nitrogens with zero attached hydrogens (tertiary/aromatic N) is 1. The second-order valence-corrected chi connectivity index (χ2v) is 4.19. The van der Waals surface area contributed by atoms with Crippen LogP contribution in [0.2, 0.25) is 0 Å². The molecule has 0 saturated heterocycles. The van der Waals surface area contributed by atoms with Gasteiger partial charge in [0.1, 0.15) is 0 Å². The molecular weight excluding hydrogens is 238 g/mol. The first-order valence-electron chi connectivity index (χ1n) is 4.97. The zero-order valence-electron chi connectivity index (χ0n) is 8.65. The molecule has 0 radical (unpaired) electrons. The predicted octanol–water partition coefficient (Wildman–Crippen LogP) is -0.416. The van der Waals surface area contributed by atoms with E-state index in [4.69, 9.17) is 18.0 Å². The molecule has 3 rings (SSSR count). The van der Waals surface area contributed by atoms with E-state index in [2.05, 4.69) is 20.9 Å². The maximum atomic E-state index is 12.1. The van der Waals surface area contributed by atoms with Crippen molar-refractivity contribution in [1.29, 1.82) is 0 Å². The number of hydrogen-bond donors (Lipinski definition) is 4. The maximum absolute atomic E-state index is 12.1. The summed E-state index contributed by atoms with van der Waals surface area (Å²) >= 11 is 5.01. The lowest BCUT2D eigenvalue weighted by Crippen LogP contribution is -2.60. The zero-order valence-corrected chi connectivity index (χ0v) is 9.47. The number of guanidine groups is 1. The minimum Gasteiger partial charge on any atom is -0.370 e. The summed E-state index contributed by atoms with van der Waals surface area (Å²) in [5.74, 6) is -0.161. The number of rotatable bonds is 0. The summed E-state index contributed by atoms with van der Waals surface area (Å²) in [6.07, 6.45) is 0. The van der Waals surface area contributed by atoms with E-state index in [9.17, 15) is 4.79 Å². The number of amides is 1. The van der Waals surface area contributed by atoms with E-state index in [1.165, 1.54) is 0 Å². The smallest absolute Gasteiger partial charge is 0.278 e. The highest BCUT2D eigenvalue weighted by Crippen LogP contribution is 2.37. The molecular formula is C10H9N5OS. The van der Waals surface area contributed by atoms with Crippen LogP contribution in [0, 0.1) is 0 Å². The normalized spacial score (nSPS) is 25.8. The number of benzene rings is 1. The van der Waals surface area contributed by atoms with E-state index in [0.717, 1.165) is 5.56 Å². The Morgan fingerprint density at radius 1 is 1.29 bits per heavy atom. The van der Waals surface area contributed by atoms with E-state index in [-0.39, 0.29) is 17.0 Å². The van der Waals surface area contributed by atoms with Crippen LogP contribution in [-0.2, 0) is 10.5 Å². The molecule has 2 heterocycles. The summed E-state index contributed by atoms with van der Waals surface area (Å²) in [4.78, 5) is 16.2. The van der Waals surface area contributed by atoms with Gasteiger partial charge in [0, 0.05) is 11.3 Å². The Hall–Kier alpha value is -2.15. The highest BCUT2D eigenvalue weighted by molar-refractivity contribution is 7.80. The van der Waals surface area contributed by atoms with Gasteiger partial charge in [-0.25, -0.2) is 4.99 Å². The molecule has 7 heteroatoms. The number of fused-ring (bicyclic) bond motifs is 2. The average Bonchev–Trinajstić information content (AvgIpc) is 2.51. The minimum absolute atomic E-state index is 0.126. The lowest BCUT2D eigenvalue weighted by atomic mass is 10.0. The second-order valence-electron chi connectivity index (χ2n) is 3.79. The number of carbonyl (C=O) groups is 1. The summed E-state index contributed by atoms with van der Waals surface area (Å²) in [7, 11) is 0. The molecule has 6 nitrogen and oxygen atoms in total. The third-order valence-corrected chi connectivity index (χ3v) is 2.92. The van der Waals surface area contributed by atoms with Gasteiger partial charge in [-0.05, 0) is 18.3 Å². The molecule has 2 aliphatic heterocycles. The first-order valence-corrected chi connectivity index (χ1v) is 5.38. The molecule has 5 N–H and O–H groups in total.